The van der Waals surface area contributed by atoms with E-state index in [1.807, 2.05) is 47.4 Å². The van der Waals surface area contributed by atoms with Crippen LogP contribution in [0.1, 0.15) is 10.4 Å². The van der Waals surface area contributed by atoms with Gasteiger partial charge in [-0.2, -0.15) is 0 Å². The van der Waals surface area contributed by atoms with Gasteiger partial charge < -0.3 is 14.7 Å². The molecule has 28 heavy (non-hydrogen) atoms. The molecule has 7 heteroatoms. The van der Waals surface area contributed by atoms with Crippen molar-refractivity contribution in [2.24, 2.45) is 0 Å². The molecule has 0 N–H and O–H groups in total. The van der Waals surface area contributed by atoms with E-state index in [-0.39, 0.29) is 17.9 Å². The molecule has 0 unspecified atom stereocenters. The summed E-state index contributed by atoms with van der Waals surface area (Å²) in [6.45, 7) is 2.83. The van der Waals surface area contributed by atoms with Gasteiger partial charge in [-0.25, -0.2) is 0 Å². The standard InChI is InChI=1S/C21H22ClN3O2S/c22-17-7-4-8-18(13-17)23-9-11-24(12-10-23)21(27)19-14-28-15-25(19)20(26)16-5-2-1-3-6-16/h1-8,13,19H,9-12,14-15H2/t19-/m0/s1. The van der Waals surface area contributed by atoms with E-state index in [1.54, 1.807) is 28.8 Å². The van der Waals surface area contributed by atoms with E-state index < -0.39 is 0 Å². The number of benzene rings is 2. The minimum absolute atomic E-state index is 0.0556. The Hall–Kier alpha value is -2.18. The van der Waals surface area contributed by atoms with Crippen LogP contribution in [0.4, 0.5) is 5.69 Å². The van der Waals surface area contributed by atoms with Gasteiger partial charge in [-0.05, 0) is 30.3 Å². The van der Waals surface area contributed by atoms with E-state index in [4.69, 9.17) is 11.6 Å². The van der Waals surface area contributed by atoms with Crippen molar-refractivity contribution >= 4 is 40.9 Å². The van der Waals surface area contributed by atoms with Crippen molar-refractivity contribution in [2.45, 2.75) is 6.04 Å². The maximum absolute atomic E-state index is 13.1. The van der Waals surface area contributed by atoms with Gasteiger partial charge in [0.2, 0.25) is 5.91 Å². The molecule has 2 aliphatic heterocycles. The molecule has 4 rings (SSSR count). The number of halogens is 1. The second-order valence-corrected chi connectivity index (χ2v) is 8.39. The summed E-state index contributed by atoms with van der Waals surface area (Å²) in [6, 6.07) is 16.6. The highest BCUT2D eigenvalue weighted by molar-refractivity contribution is 7.99. The largest absolute Gasteiger partial charge is 0.368 e. The molecule has 0 saturated carbocycles. The quantitative estimate of drug-likeness (QED) is 0.772. The van der Waals surface area contributed by atoms with Gasteiger partial charge in [-0.1, -0.05) is 35.9 Å². The lowest BCUT2D eigenvalue weighted by atomic mass is 10.1. The summed E-state index contributed by atoms with van der Waals surface area (Å²) in [6.07, 6.45) is 0. The van der Waals surface area contributed by atoms with Gasteiger partial charge >= 0.3 is 0 Å². The van der Waals surface area contributed by atoms with Crippen LogP contribution in [0.2, 0.25) is 5.02 Å². The Morgan fingerprint density at radius 1 is 0.964 bits per heavy atom. The van der Waals surface area contributed by atoms with E-state index >= 15 is 0 Å². The smallest absolute Gasteiger partial charge is 0.255 e. The molecule has 0 bridgehead atoms. The van der Waals surface area contributed by atoms with Gasteiger partial charge in [0.25, 0.3) is 5.91 Å². The Labute approximate surface area is 174 Å². The van der Waals surface area contributed by atoms with E-state index in [9.17, 15) is 9.59 Å². The molecular formula is C21H22ClN3O2S. The van der Waals surface area contributed by atoms with Crippen LogP contribution in [0.25, 0.3) is 0 Å². The second kappa shape index (κ2) is 8.45. The fourth-order valence-corrected chi connectivity index (χ4v) is 4.99. The number of anilines is 1. The van der Waals surface area contributed by atoms with Gasteiger partial charge in [0.15, 0.2) is 0 Å². The molecule has 2 heterocycles. The number of amides is 2. The summed E-state index contributed by atoms with van der Waals surface area (Å²) in [7, 11) is 0. The number of carbonyl (C=O) groups is 2. The van der Waals surface area contributed by atoms with Gasteiger partial charge in [-0.15, -0.1) is 11.8 Å². The minimum Gasteiger partial charge on any atom is -0.368 e. The van der Waals surface area contributed by atoms with Crippen LogP contribution in [-0.4, -0.2) is 65.5 Å². The first-order chi connectivity index (χ1) is 13.6. The zero-order chi connectivity index (χ0) is 19.5. The Bertz CT molecular complexity index is 856. The molecule has 2 amide bonds. The lowest BCUT2D eigenvalue weighted by Gasteiger charge is -2.38. The first-order valence-electron chi connectivity index (χ1n) is 9.36. The van der Waals surface area contributed by atoms with E-state index in [0.29, 0.717) is 35.3 Å². The molecule has 0 aliphatic carbocycles. The first-order valence-corrected chi connectivity index (χ1v) is 10.9. The van der Waals surface area contributed by atoms with Crippen molar-refractivity contribution < 1.29 is 9.59 Å². The van der Waals surface area contributed by atoms with Gasteiger partial charge in [0.1, 0.15) is 6.04 Å². The van der Waals surface area contributed by atoms with E-state index in [2.05, 4.69) is 4.90 Å². The number of thioether (sulfide) groups is 1. The molecule has 2 saturated heterocycles. The van der Waals surface area contributed by atoms with Crippen molar-refractivity contribution in [2.75, 3.05) is 42.7 Å². The molecular weight excluding hydrogens is 394 g/mol. The molecule has 0 aromatic heterocycles. The van der Waals surface area contributed by atoms with Crippen LogP contribution in [0.3, 0.4) is 0 Å². The number of rotatable bonds is 3. The highest BCUT2D eigenvalue weighted by Gasteiger charge is 2.38. The highest BCUT2D eigenvalue weighted by atomic mass is 35.5. The maximum atomic E-state index is 13.1. The summed E-state index contributed by atoms with van der Waals surface area (Å²) in [5, 5.41) is 0.717. The number of piperazine rings is 1. The number of hydrogen-bond donors (Lipinski definition) is 0. The molecule has 2 aromatic carbocycles. The fraction of sp³-hybridized carbons (Fsp3) is 0.333. The lowest BCUT2D eigenvalue weighted by Crippen LogP contribution is -2.55. The van der Waals surface area contributed by atoms with Crippen molar-refractivity contribution in [1.82, 2.24) is 9.80 Å². The summed E-state index contributed by atoms with van der Waals surface area (Å²) < 4.78 is 0. The van der Waals surface area contributed by atoms with Crippen molar-refractivity contribution in [3.05, 3.63) is 65.2 Å². The summed E-state index contributed by atoms with van der Waals surface area (Å²) in [5.74, 6) is 1.21. The lowest BCUT2D eigenvalue weighted by molar-refractivity contribution is -0.135. The fourth-order valence-electron chi connectivity index (χ4n) is 3.66. The molecule has 1 atom stereocenters. The van der Waals surface area contributed by atoms with Crippen LogP contribution in [0, 0.1) is 0 Å². The normalized spacial score (nSPS) is 19.8. The monoisotopic (exact) mass is 415 g/mol. The minimum atomic E-state index is -0.379. The number of nitrogens with zero attached hydrogens (tertiary/aromatic N) is 3. The average molecular weight is 416 g/mol. The Kier molecular flexibility index (Phi) is 5.78. The van der Waals surface area contributed by atoms with Crippen LogP contribution in [-0.2, 0) is 4.79 Å². The average Bonchev–Trinajstić information content (AvgIpc) is 3.23. The van der Waals surface area contributed by atoms with Crippen molar-refractivity contribution in [3.8, 4) is 0 Å². The van der Waals surface area contributed by atoms with Crippen LogP contribution in [0.15, 0.2) is 54.6 Å². The van der Waals surface area contributed by atoms with Gasteiger partial charge in [0.05, 0.1) is 5.88 Å². The van der Waals surface area contributed by atoms with Crippen LogP contribution in [0.5, 0.6) is 0 Å². The molecule has 146 valence electrons. The predicted molar refractivity (Wildman–Crippen MR) is 114 cm³/mol. The third kappa shape index (κ3) is 3.98. The molecule has 2 aliphatic rings. The summed E-state index contributed by atoms with van der Waals surface area (Å²) in [4.78, 5) is 31.8. The molecule has 0 radical (unpaired) electrons. The predicted octanol–water partition coefficient (Wildman–Crippen LogP) is 3.20. The molecule has 2 aromatic rings. The Morgan fingerprint density at radius 2 is 1.71 bits per heavy atom. The number of hydrogen-bond acceptors (Lipinski definition) is 4. The SMILES string of the molecule is O=C([C@@H]1CSCN1C(=O)c1ccccc1)N1CCN(c2cccc(Cl)c2)CC1. The van der Waals surface area contributed by atoms with Gasteiger partial charge in [-0.3, -0.25) is 9.59 Å². The molecule has 5 nitrogen and oxygen atoms in total. The van der Waals surface area contributed by atoms with Gasteiger partial charge in [0, 0.05) is 48.2 Å². The molecule has 2 fully saturated rings. The summed E-state index contributed by atoms with van der Waals surface area (Å²) >= 11 is 7.73. The zero-order valence-corrected chi connectivity index (χ0v) is 17.0. The maximum Gasteiger partial charge on any atom is 0.255 e. The second-order valence-electron chi connectivity index (χ2n) is 6.95. The van der Waals surface area contributed by atoms with Crippen molar-refractivity contribution in [3.63, 3.8) is 0 Å². The summed E-state index contributed by atoms with van der Waals surface area (Å²) in [5.41, 5.74) is 1.71. The van der Waals surface area contributed by atoms with Crippen LogP contribution < -0.4 is 4.90 Å². The third-order valence-corrected chi connectivity index (χ3v) is 6.46. The Morgan fingerprint density at radius 3 is 2.43 bits per heavy atom. The molecule has 0 spiro atoms. The zero-order valence-electron chi connectivity index (χ0n) is 15.5. The number of carbonyl (C=O) groups excluding carboxylic acids is 2. The third-order valence-electron chi connectivity index (χ3n) is 5.21. The highest BCUT2D eigenvalue weighted by Crippen LogP contribution is 2.26. The van der Waals surface area contributed by atoms with E-state index in [1.165, 1.54) is 0 Å². The topological polar surface area (TPSA) is 43.9 Å². The van der Waals surface area contributed by atoms with Crippen molar-refractivity contribution in [1.29, 1.82) is 0 Å². The Balaban J connectivity index is 1.40. The van der Waals surface area contributed by atoms with E-state index in [0.717, 1.165) is 18.8 Å². The first kappa shape index (κ1) is 19.2. The van der Waals surface area contributed by atoms with Crippen LogP contribution >= 0.6 is 23.4 Å².